The number of thiophene rings is 1. The Morgan fingerprint density at radius 3 is 1.76 bits per heavy atom. The summed E-state index contributed by atoms with van der Waals surface area (Å²) in [5.41, 5.74) is 21.1. The lowest BCUT2D eigenvalue weighted by Gasteiger charge is -2.46. The molecule has 0 N–H and O–H groups in total. The van der Waals surface area contributed by atoms with Gasteiger partial charge in [-0.1, -0.05) is 143 Å². The summed E-state index contributed by atoms with van der Waals surface area (Å²) in [7, 11) is 0. The van der Waals surface area contributed by atoms with E-state index in [2.05, 4.69) is 237 Å². The molecule has 8 aromatic carbocycles. The average molecular weight is 987 g/mol. The Bertz CT molecular complexity index is 3880. The molecule has 0 fully saturated rings. The van der Waals surface area contributed by atoms with Gasteiger partial charge in [0.25, 0.3) is 6.71 Å². The average Bonchev–Trinajstić information content (AvgIpc) is 4.06. The summed E-state index contributed by atoms with van der Waals surface area (Å²) >= 11 is 1.85. The van der Waals surface area contributed by atoms with Crippen LogP contribution in [0.3, 0.4) is 0 Å². The van der Waals surface area contributed by atoms with Crippen molar-refractivity contribution in [2.24, 2.45) is 0 Å². The molecule has 0 radical (unpaired) electrons. The van der Waals surface area contributed by atoms with E-state index in [0.29, 0.717) is 5.56 Å². The fraction of sp³-hybridized carbons (Fsp3) is 0.304. The maximum atomic E-state index is 9.33. The largest absolute Gasteiger partial charge is 0.311 e. The Labute approximate surface area is 449 Å². The molecule has 0 bridgehead atoms. The van der Waals surface area contributed by atoms with Crippen LogP contribution in [0, 0.1) is 13.8 Å². The van der Waals surface area contributed by atoms with Crippen molar-refractivity contribution in [2.45, 2.75) is 136 Å². The lowest BCUT2D eigenvalue weighted by molar-refractivity contribution is 0.332. The predicted octanol–water partition coefficient (Wildman–Crippen LogP) is 17.8. The van der Waals surface area contributed by atoms with E-state index in [-0.39, 0.29) is 33.8 Å². The number of anilines is 9. The second kappa shape index (κ2) is 16.0. The summed E-state index contributed by atoms with van der Waals surface area (Å²) in [6, 6.07) is 56.3. The van der Waals surface area contributed by atoms with E-state index in [1.165, 1.54) is 64.5 Å². The van der Waals surface area contributed by atoms with Gasteiger partial charge in [0, 0.05) is 75.5 Å². The van der Waals surface area contributed by atoms with E-state index in [1.54, 1.807) is 0 Å². The highest BCUT2D eigenvalue weighted by Gasteiger charge is 2.49. The van der Waals surface area contributed by atoms with Crippen molar-refractivity contribution in [2.75, 3.05) is 14.7 Å². The Kier molecular flexibility index (Phi) is 9.46. The topological polar surface area (TPSA) is 9.72 Å². The van der Waals surface area contributed by atoms with E-state index in [9.17, 15) is 4.11 Å². The monoisotopic (exact) mass is 987 g/mol. The molecule has 0 amide bonds. The van der Waals surface area contributed by atoms with Crippen LogP contribution >= 0.6 is 11.3 Å². The zero-order valence-electron chi connectivity index (χ0n) is 48.4. The molecule has 13 rings (SSSR count). The normalized spacial score (nSPS) is 18.2. The third kappa shape index (κ3) is 7.12. The zero-order chi connectivity index (χ0) is 54.1. The first-order chi connectivity index (χ1) is 36.3. The number of aryl methyl sites for hydroxylation is 2. The highest BCUT2D eigenvalue weighted by molar-refractivity contribution is 7.25. The van der Waals surface area contributed by atoms with Gasteiger partial charge >= 0.3 is 0 Å². The number of hydrogen-bond acceptors (Lipinski definition) is 4. The number of fused-ring (bicyclic) bond motifs is 9. The predicted molar refractivity (Wildman–Crippen MR) is 322 cm³/mol. The Morgan fingerprint density at radius 2 is 1.11 bits per heavy atom. The first-order valence-corrected chi connectivity index (χ1v) is 27.8. The van der Waals surface area contributed by atoms with Gasteiger partial charge < -0.3 is 14.7 Å². The molecule has 2 aliphatic heterocycles. The molecule has 0 unspecified atom stereocenters. The van der Waals surface area contributed by atoms with Gasteiger partial charge in [-0.3, -0.25) is 0 Å². The maximum Gasteiger partial charge on any atom is 0.252 e. The van der Waals surface area contributed by atoms with Gasteiger partial charge in [-0.2, -0.15) is 0 Å². The third-order valence-corrected chi connectivity index (χ3v) is 18.9. The summed E-state index contributed by atoms with van der Waals surface area (Å²) in [6.45, 7) is 25.8. The number of nitrogens with zero attached hydrogens (tertiary/aromatic N) is 3. The Morgan fingerprint density at radius 1 is 0.514 bits per heavy atom. The van der Waals surface area contributed by atoms with Crippen molar-refractivity contribution in [3.8, 4) is 0 Å². The molecule has 1 aromatic heterocycles. The molecular formula is C69H70BN3S. The lowest BCUT2D eigenvalue weighted by atomic mass is 9.33. The number of rotatable bonds is 5. The van der Waals surface area contributed by atoms with E-state index < -0.39 is 6.85 Å². The fourth-order valence-corrected chi connectivity index (χ4v) is 15.2. The molecule has 3 heterocycles. The molecule has 9 aromatic rings. The summed E-state index contributed by atoms with van der Waals surface area (Å²) in [5, 5.41) is 2.43. The van der Waals surface area contributed by atoms with Crippen LogP contribution in [0.4, 0.5) is 51.2 Å². The van der Waals surface area contributed by atoms with Gasteiger partial charge in [-0.15, -0.1) is 11.3 Å². The minimum atomic E-state index is -2.41. The van der Waals surface area contributed by atoms with Gasteiger partial charge in [0.15, 0.2) is 0 Å². The highest BCUT2D eigenvalue weighted by Crippen LogP contribution is 2.55. The Hall–Kier alpha value is -6.56. The molecule has 0 saturated heterocycles. The first-order valence-electron chi connectivity index (χ1n) is 28.5. The molecular weight excluding hydrogens is 914 g/mol. The van der Waals surface area contributed by atoms with Crippen LogP contribution in [0.5, 0.6) is 0 Å². The van der Waals surface area contributed by atoms with Crippen LogP contribution in [0.25, 0.3) is 20.2 Å². The molecule has 0 saturated carbocycles. The van der Waals surface area contributed by atoms with E-state index in [0.717, 1.165) is 75.9 Å². The van der Waals surface area contributed by atoms with Crippen molar-refractivity contribution in [1.29, 1.82) is 0 Å². The molecule has 2 aliphatic carbocycles. The highest BCUT2D eigenvalue weighted by atomic mass is 32.1. The number of para-hydroxylation sites is 2. The van der Waals surface area contributed by atoms with Gasteiger partial charge in [0.1, 0.15) is 0 Å². The van der Waals surface area contributed by atoms with Crippen molar-refractivity contribution in [3.05, 3.63) is 191 Å². The smallest absolute Gasteiger partial charge is 0.252 e. The van der Waals surface area contributed by atoms with Crippen molar-refractivity contribution in [1.82, 2.24) is 0 Å². The van der Waals surface area contributed by atoms with Gasteiger partial charge in [0.05, 0.1) is 0 Å². The van der Waals surface area contributed by atoms with Crippen LogP contribution in [0.2, 0.25) is 0 Å². The van der Waals surface area contributed by atoms with Crippen LogP contribution < -0.4 is 31.1 Å². The summed E-state index contributed by atoms with van der Waals surface area (Å²) in [6.07, 6.45) is 3.25. The third-order valence-electron chi connectivity index (χ3n) is 17.8. The summed E-state index contributed by atoms with van der Waals surface area (Å²) < 4.78 is 30.5. The second-order valence-corrected chi connectivity index (χ2v) is 27.0. The minimum absolute atomic E-state index is 0.0184. The van der Waals surface area contributed by atoms with E-state index >= 15 is 0 Å². The minimum Gasteiger partial charge on any atom is -0.311 e. The maximum absolute atomic E-state index is 9.33. The summed E-state index contributed by atoms with van der Waals surface area (Å²) in [5.74, 6) is 0. The first kappa shape index (κ1) is 43.8. The van der Waals surface area contributed by atoms with Gasteiger partial charge in [-0.05, 0) is 200 Å². The van der Waals surface area contributed by atoms with Crippen LogP contribution in [-0.2, 0) is 27.1 Å². The van der Waals surface area contributed by atoms with Crippen LogP contribution in [-0.4, -0.2) is 6.71 Å². The second-order valence-electron chi connectivity index (χ2n) is 25.9. The van der Waals surface area contributed by atoms with Crippen molar-refractivity contribution in [3.63, 3.8) is 0 Å². The van der Waals surface area contributed by atoms with E-state index in [4.69, 9.17) is 0 Å². The quantitative estimate of drug-likeness (QED) is 0.159. The molecule has 74 heavy (non-hydrogen) atoms. The molecule has 3 nitrogen and oxygen atoms in total. The number of benzene rings is 8. The summed E-state index contributed by atoms with van der Waals surface area (Å²) in [4.78, 5) is 7.26. The van der Waals surface area contributed by atoms with Crippen molar-refractivity contribution < 1.29 is 4.11 Å². The van der Waals surface area contributed by atoms with E-state index in [1.807, 2.05) is 23.5 Å². The SMILES string of the molecule is [2H]C([2H])([2H])c1cc2c3c(c1)N(c1cc4c(cc1C)C(C)(C)CCC4(C)C)c1cc4c(cc1B3c1ccc(N(c3ccccc3)c3ccccc3)cc1N2c1ccc2sc3cc(C(C)(C)C)ccc3c2c1)C(C)(C)CC4(C)C. The molecule has 0 spiro atoms. The van der Waals surface area contributed by atoms with Crippen molar-refractivity contribution >= 4 is 106 Å². The molecule has 5 heteroatoms. The molecule has 0 atom stereocenters. The lowest BCUT2D eigenvalue weighted by Crippen LogP contribution is -2.61. The number of hydrogen-bond donors (Lipinski definition) is 0. The standard InChI is InChI=1S/C69H70BN3S/c1-42-32-60-64-61(33-42)73(57-39-53-51(34-43(57)2)66(6,7)30-31-67(53,8)9)59-40-54-52(68(10,11)41-69(54,12)13)38-56(59)70(64)55-28-25-48(71(45-20-16-14-17-21-45)46-22-18-15-19-23-46)37-58(55)72(60)47-26-29-62-50(36-47)49-27-24-44(65(3,4)5)35-63(49)74-62/h14-29,32-40H,30-31,41H2,1-13H3/i1D3. The zero-order valence-corrected chi connectivity index (χ0v) is 46.2. The molecule has 4 aliphatic rings. The van der Waals surface area contributed by atoms with Gasteiger partial charge in [-0.25, -0.2) is 0 Å². The van der Waals surface area contributed by atoms with Gasteiger partial charge in [0.2, 0.25) is 0 Å². The molecule has 370 valence electrons. The Balaban J connectivity index is 1.15. The fourth-order valence-electron chi connectivity index (χ4n) is 14.0. The van der Waals surface area contributed by atoms with Crippen LogP contribution in [0.15, 0.2) is 152 Å². The van der Waals surface area contributed by atoms with Crippen LogP contribution in [0.1, 0.15) is 138 Å².